The second kappa shape index (κ2) is 3.61. The standard InChI is InChI=1S/C15H17NO2/c1-15(2)8-9-7-10(17)3-4-11(9)13(15)12-5-6-16-14(12)18/h3-4,7,17H,5-6,8H2,1-2H3,(H,16,18)/b13-12-. The molecule has 1 aromatic rings. The fourth-order valence-electron chi connectivity index (χ4n) is 3.23. The van der Waals surface area contributed by atoms with Crippen molar-refractivity contribution in [2.45, 2.75) is 26.7 Å². The summed E-state index contributed by atoms with van der Waals surface area (Å²) in [5, 5.41) is 12.5. The number of phenolic OH excluding ortho intramolecular Hbond substituents is 1. The van der Waals surface area contributed by atoms with Gasteiger partial charge in [-0.15, -0.1) is 0 Å². The summed E-state index contributed by atoms with van der Waals surface area (Å²) in [6, 6.07) is 5.46. The summed E-state index contributed by atoms with van der Waals surface area (Å²) in [6.07, 6.45) is 1.68. The van der Waals surface area contributed by atoms with Gasteiger partial charge in [-0.3, -0.25) is 4.79 Å². The summed E-state index contributed by atoms with van der Waals surface area (Å²) in [5.41, 5.74) is 4.32. The van der Waals surface area contributed by atoms with Gasteiger partial charge in [-0.2, -0.15) is 0 Å². The lowest BCUT2D eigenvalue weighted by molar-refractivity contribution is -0.116. The SMILES string of the molecule is CC1(C)Cc2cc(O)ccc2/C1=C1\CCNC1=O. The van der Waals surface area contributed by atoms with Gasteiger partial charge in [-0.05, 0) is 47.1 Å². The van der Waals surface area contributed by atoms with Crippen molar-refractivity contribution in [2.24, 2.45) is 5.41 Å². The van der Waals surface area contributed by atoms with E-state index in [-0.39, 0.29) is 11.3 Å². The molecule has 18 heavy (non-hydrogen) atoms. The monoisotopic (exact) mass is 243 g/mol. The Balaban J connectivity index is 2.23. The molecule has 1 fully saturated rings. The van der Waals surface area contributed by atoms with Gasteiger partial charge in [0.2, 0.25) is 5.91 Å². The molecule has 0 radical (unpaired) electrons. The average molecular weight is 243 g/mol. The van der Waals surface area contributed by atoms with Crippen LogP contribution >= 0.6 is 0 Å². The molecule has 0 bridgehead atoms. The zero-order chi connectivity index (χ0) is 12.9. The first-order chi connectivity index (χ1) is 8.49. The van der Waals surface area contributed by atoms with Crippen LogP contribution in [0, 0.1) is 5.41 Å². The minimum absolute atomic E-state index is 0.0346. The van der Waals surface area contributed by atoms with E-state index in [9.17, 15) is 9.90 Å². The molecule has 1 aliphatic heterocycles. The highest BCUT2D eigenvalue weighted by Crippen LogP contribution is 2.49. The highest BCUT2D eigenvalue weighted by atomic mass is 16.3. The number of aromatic hydroxyl groups is 1. The minimum Gasteiger partial charge on any atom is -0.508 e. The van der Waals surface area contributed by atoms with Gasteiger partial charge in [0, 0.05) is 12.1 Å². The molecule has 0 atom stereocenters. The first-order valence-electron chi connectivity index (χ1n) is 6.33. The number of carbonyl (C=O) groups excluding carboxylic acids is 1. The lowest BCUT2D eigenvalue weighted by atomic mass is 9.82. The number of fused-ring (bicyclic) bond motifs is 1. The van der Waals surface area contributed by atoms with Crippen molar-refractivity contribution in [3.05, 3.63) is 34.9 Å². The number of hydrogen-bond donors (Lipinski definition) is 2. The van der Waals surface area contributed by atoms with Crippen LogP contribution in [0.15, 0.2) is 23.8 Å². The maximum atomic E-state index is 11.9. The van der Waals surface area contributed by atoms with Crippen molar-refractivity contribution in [3.8, 4) is 5.75 Å². The van der Waals surface area contributed by atoms with Gasteiger partial charge in [-0.1, -0.05) is 19.9 Å². The number of nitrogens with one attached hydrogen (secondary N) is 1. The largest absolute Gasteiger partial charge is 0.508 e. The summed E-state index contributed by atoms with van der Waals surface area (Å²) >= 11 is 0. The Morgan fingerprint density at radius 2 is 2.11 bits per heavy atom. The van der Waals surface area contributed by atoms with Crippen LogP contribution in [0.3, 0.4) is 0 Å². The maximum Gasteiger partial charge on any atom is 0.247 e. The van der Waals surface area contributed by atoms with Crippen molar-refractivity contribution in [1.82, 2.24) is 5.32 Å². The number of phenols is 1. The van der Waals surface area contributed by atoms with Crippen LogP contribution in [0.4, 0.5) is 0 Å². The van der Waals surface area contributed by atoms with Crippen LogP contribution in [0.2, 0.25) is 0 Å². The Morgan fingerprint density at radius 1 is 1.33 bits per heavy atom. The van der Waals surface area contributed by atoms with E-state index in [1.807, 2.05) is 12.1 Å². The number of allylic oxidation sites excluding steroid dienone is 1. The van der Waals surface area contributed by atoms with Gasteiger partial charge < -0.3 is 10.4 Å². The third-order valence-corrected chi connectivity index (χ3v) is 3.90. The molecule has 0 unspecified atom stereocenters. The fraction of sp³-hybridized carbons (Fsp3) is 0.400. The van der Waals surface area contributed by atoms with Crippen LogP contribution in [0.1, 0.15) is 31.4 Å². The van der Waals surface area contributed by atoms with Crippen LogP contribution in [-0.4, -0.2) is 17.6 Å². The maximum absolute atomic E-state index is 11.9. The van der Waals surface area contributed by atoms with Crippen LogP contribution in [0.5, 0.6) is 5.75 Å². The smallest absolute Gasteiger partial charge is 0.247 e. The Kier molecular flexibility index (Phi) is 2.27. The molecule has 3 nitrogen and oxygen atoms in total. The molecule has 1 saturated heterocycles. The third kappa shape index (κ3) is 1.54. The molecule has 1 aromatic carbocycles. The molecule has 94 valence electrons. The van der Waals surface area contributed by atoms with Crippen molar-refractivity contribution < 1.29 is 9.90 Å². The third-order valence-electron chi connectivity index (χ3n) is 3.90. The zero-order valence-electron chi connectivity index (χ0n) is 10.7. The molecule has 2 aliphatic rings. The molecule has 0 aromatic heterocycles. The second-order valence-electron chi connectivity index (χ2n) is 5.76. The highest BCUT2D eigenvalue weighted by molar-refractivity contribution is 6.04. The summed E-state index contributed by atoms with van der Waals surface area (Å²) in [7, 11) is 0. The molecule has 3 heteroatoms. The Labute approximate surface area is 107 Å². The summed E-state index contributed by atoms with van der Waals surface area (Å²) < 4.78 is 0. The number of amides is 1. The van der Waals surface area contributed by atoms with Gasteiger partial charge in [0.05, 0.1) is 0 Å². The number of carbonyl (C=O) groups is 1. The van der Waals surface area contributed by atoms with E-state index in [0.29, 0.717) is 5.75 Å². The van der Waals surface area contributed by atoms with Crippen molar-refractivity contribution in [3.63, 3.8) is 0 Å². The summed E-state index contributed by atoms with van der Waals surface area (Å²) in [6.45, 7) is 5.07. The molecule has 1 amide bonds. The predicted molar refractivity (Wildman–Crippen MR) is 70.1 cm³/mol. The van der Waals surface area contributed by atoms with Crippen molar-refractivity contribution in [2.75, 3.05) is 6.54 Å². The number of rotatable bonds is 0. The first-order valence-corrected chi connectivity index (χ1v) is 6.33. The summed E-state index contributed by atoms with van der Waals surface area (Å²) in [4.78, 5) is 11.9. The summed E-state index contributed by atoms with van der Waals surface area (Å²) in [5.74, 6) is 0.366. The first kappa shape index (κ1) is 11.3. The van der Waals surface area contributed by atoms with Gasteiger partial charge in [0.1, 0.15) is 5.75 Å². The van der Waals surface area contributed by atoms with E-state index >= 15 is 0 Å². The Bertz CT molecular complexity index is 570. The number of hydrogen-bond acceptors (Lipinski definition) is 2. The van der Waals surface area contributed by atoms with E-state index in [4.69, 9.17) is 0 Å². The molecule has 0 saturated carbocycles. The minimum atomic E-state index is -0.0346. The van der Waals surface area contributed by atoms with E-state index in [1.165, 1.54) is 0 Å². The molecule has 3 rings (SSSR count). The van der Waals surface area contributed by atoms with Crippen LogP contribution in [-0.2, 0) is 11.2 Å². The molecule has 2 N–H and O–H groups in total. The Hall–Kier alpha value is -1.77. The molecule has 0 spiro atoms. The van der Waals surface area contributed by atoms with Crippen molar-refractivity contribution >= 4 is 11.5 Å². The molecule has 1 heterocycles. The van der Waals surface area contributed by atoms with Crippen molar-refractivity contribution in [1.29, 1.82) is 0 Å². The zero-order valence-corrected chi connectivity index (χ0v) is 10.7. The topological polar surface area (TPSA) is 49.3 Å². The van der Waals surface area contributed by atoms with Gasteiger partial charge in [-0.25, -0.2) is 0 Å². The predicted octanol–water partition coefficient (Wildman–Crippen LogP) is 2.25. The normalized spacial score (nSPS) is 25.1. The van der Waals surface area contributed by atoms with Crippen LogP contribution in [0.25, 0.3) is 5.57 Å². The fourth-order valence-corrected chi connectivity index (χ4v) is 3.23. The van der Waals surface area contributed by atoms with Gasteiger partial charge in [0.25, 0.3) is 0 Å². The highest BCUT2D eigenvalue weighted by Gasteiger charge is 2.38. The van der Waals surface area contributed by atoms with E-state index in [2.05, 4.69) is 19.2 Å². The molecular formula is C15H17NO2. The molecule has 1 aliphatic carbocycles. The van der Waals surface area contributed by atoms with Gasteiger partial charge in [0.15, 0.2) is 0 Å². The molecular weight excluding hydrogens is 226 g/mol. The lowest BCUT2D eigenvalue weighted by Gasteiger charge is -2.21. The van der Waals surface area contributed by atoms with E-state index in [1.54, 1.807) is 6.07 Å². The van der Waals surface area contributed by atoms with E-state index < -0.39 is 0 Å². The second-order valence-corrected chi connectivity index (χ2v) is 5.76. The Morgan fingerprint density at radius 3 is 2.78 bits per heavy atom. The number of benzene rings is 1. The lowest BCUT2D eigenvalue weighted by Crippen LogP contribution is -2.18. The quantitative estimate of drug-likeness (QED) is 0.687. The average Bonchev–Trinajstić information content (AvgIpc) is 2.77. The van der Waals surface area contributed by atoms with Crippen LogP contribution < -0.4 is 5.32 Å². The van der Waals surface area contributed by atoms with Gasteiger partial charge >= 0.3 is 0 Å². The van der Waals surface area contributed by atoms with E-state index in [0.717, 1.165) is 41.7 Å².